The Morgan fingerprint density at radius 1 is 0.741 bits per heavy atom. The minimum Gasteiger partial charge on any atom is -0.465 e. The van der Waals surface area contributed by atoms with Gasteiger partial charge in [-0.25, -0.2) is 0 Å². The molecule has 0 aromatic heterocycles. The third kappa shape index (κ3) is 4.63. The van der Waals surface area contributed by atoms with Gasteiger partial charge in [0.05, 0.1) is 6.61 Å². The summed E-state index contributed by atoms with van der Waals surface area (Å²) in [6.07, 6.45) is 0. The largest absolute Gasteiger partial charge is 0.465 e. The van der Waals surface area contributed by atoms with Crippen LogP contribution in [-0.4, -0.2) is 24.8 Å². The van der Waals surface area contributed by atoms with Gasteiger partial charge in [-0.15, -0.1) is 0 Å². The van der Waals surface area contributed by atoms with E-state index in [0.717, 1.165) is 23.8 Å². The molecule has 142 valence electrons. The molecule has 1 unspecified atom stereocenters. The van der Waals surface area contributed by atoms with Gasteiger partial charge in [-0.2, -0.15) is 9.90 Å². The van der Waals surface area contributed by atoms with Crippen LogP contribution < -0.4 is 0 Å². The van der Waals surface area contributed by atoms with Crippen molar-refractivity contribution in [3.8, 4) is 0 Å². The zero-order valence-electron chi connectivity index (χ0n) is 15.8. The molecule has 3 nitrogen and oxygen atoms in total. The van der Waals surface area contributed by atoms with Crippen molar-refractivity contribution in [2.45, 2.75) is 12.3 Å². The van der Waals surface area contributed by atoms with Gasteiger partial charge < -0.3 is 9.84 Å². The SMILES string of the molecule is CCOC(=O)C(c1ccccc1)(c1ccccc1)c1ccccc1.CO.P. The standard InChI is InChI=1S/C22H20O2.CH4O.H3P/c1-2-24-21(23)22(18-12-6-3-7-13-18,19-14-8-4-9-15-19)20-16-10-5-11-17-20;1-2;/h3-17H,2H2,1H3;2H,1H3;1H3. The molecule has 0 aliphatic heterocycles. The number of esters is 1. The molecule has 3 aromatic carbocycles. The van der Waals surface area contributed by atoms with Gasteiger partial charge in [0.25, 0.3) is 0 Å². The molecule has 0 fully saturated rings. The monoisotopic (exact) mass is 382 g/mol. The Bertz CT molecular complexity index is 693. The quantitative estimate of drug-likeness (QED) is 0.408. The fourth-order valence-corrected chi connectivity index (χ4v) is 3.16. The highest BCUT2D eigenvalue weighted by Crippen LogP contribution is 2.40. The van der Waals surface area contributed by atoms with Crippen LogP contribution in [0.2, 0.25) is 0 Å². The van der Waals surface area contributed by atoms with Gasteiger partial charge in [-0.1, -0.05) is 91.0 Å². The summed E-state index contributed by atoms with van der Waals surface area (Å²) in [6.45, 7) is 2.18. The summed E-state index contributed by atoms with van der Waals surface area (Å²) in [5, 5.41) is 7.00. The van der Waals surface area contributed by atoms with Gasteiger partial charge in [0, 0.05) is 7.11 Å². The highest BCUT2D eigenvalue weighted by molar-refractivity contribution is 6.92. The van der Waals surface area contributed by atoms with Crippen LogP contribution in [0.4, 0.5) is 0 Å². The molecule has 27 heavy (non-hydrogen) atoms. The highest BCUT2D eigenvalue weighted by Gasteiger charge is 2.45. The van der Waals surface area contributed by atoms with E-state index in [2.05, 4.69) is 0 Å². The number of benzene rings is 3. The van der Waals surface area contributed by atoms with Crippen LogP contribution >= 0.6 is 9.90 Å². The summed E-state index contributed by atoms with van der Waals surface area (Å²) in [5.41, 5.74) is 1.74. The van der Waals surface area contributed by atoms with Gasteiger partial charge in [0.15, 0.2) is 0 Å². The smallest absolute Gasteiger partial charge is 0.325 e. The first-order valence-corrected chi connectivity index (χ1v) is 8.58. The average molecular weight is 382 g/mol. The van der Waals surface area contributed by atoms with Crippen LogP contribution in [0.3, 0.4) is 0 Å². The summed E-state index contributed by atoms with van der Waals surface area (Å²) in [4.78, 5) is 13.2. The lowest BCUT2D eigenvalue weighted by atomic mass is 9.69. The summed E-state index contributed by atoms with van der Waals surface area (Å²) >= 11 is 0. The molecule has 0 aliphatic carbocycles. The molecule has 0 saturated carbocycles. The molecule has 4 heteroatoms. The number of rotatable bonds is 5. The number of aliphatic hydroxyl groups is 1. The predicted molar refractivity (Wildman–Crippen MR) is 115 cm³/mol. The molecule has 0 aliphatic rings. The van der Waals surface area contributed by atoms with Crippen LogP contribution in [0, 0.1) is 0 Å². The van der Waals surface area contributed by atoms with Crippen LogP contribution in [-0.2, 0) is 14.9 Å². The topological polar surface area (TPSA) is 46.5 Å². The molecular formula is C23H27O3P. The van der Waals surface area contributed by atoms with E-state index in [-0.39, 0.29) is 15.9 Å². The second-order valence-electron chi connectivity index (χ2n) is 5.57. The zero-order valence-corrected chi connectivity index (χ0v) is 17.3. The Balaban J connectivity index is 0.00000118. The number of carbonyl (C=O) groups is 1. The van der Waals surface area contributed by atoms with Gasteiger partial charge >= 0.3 is 5.97 Å². The maximum Gasteiger partial charge on any atom is 0.325 e. The zero-order chi connectivity index (χ0) is 18.8. The number of carbonyl (C=O) groups excluding carboxylic acids is 1. The molecular weight excluding hydrogens is 355 g/mol. The summed E-state index contributed by atoms with van der Waals surface area (Å²) < 4.78 is 5.53. The van der Waals surface area contributed by atoms with Crippen LogP contribution in [0.1, 0.15) is 23.6 Å². The second-order valence-corrected chi connectivity index (χ2v) is 5.57. The van der Waals surface area contributed by atoms with Crippen molar-refractivity contribution < 1.29 is 14.6 Å². The van der Waals surface area contributed by atoms with E-state index < -0.39 is 5.41 Å². The fourth-order valence-electron chi connectivity index (χ4n) is 3.16. The van der Waals surface area contributed by atoms with Crippen molar-refractivity contribution in [2.75, 3.05) is 13.7 Å². The lowest BCUT2D eigenvalue weighted by Gasteiger charge is -2.33. The Morgan fingerprint density at radius 2 is 1.04 bits per heavy atom. The van der Waals surface area contributed by atoms with E-state index in [1.54, 1.807) is 0 Å². The van der Waals surface area contributed by atoms with Crippen molar-refractivity contribution in [3.05, 3.63) is 108 Å². The van der Waals surface area contributed by atoms with Crippen molar-refractivity contribution in [1.82, 2.24) is 0 Å². The minimum absolute atomic E-state index is 0. The summed E-state index contributed by atoms with van der Waals surface area (Å²) in [6, 6.07) is 29.5. The summed E-state index contributed by atoms with van der Waals surface area (Å²) in [5.74, 6) is -0.256. The van der Waals surface area contributed by atoms with E-state index in [9.17, 15) is 4.79 Å². The van der Waals surface area contributed by atoms with Crippen molar-refractivity contribution >= 4 is 15.9 Å². The van der Waals surface area contributed by atoms with E-state index in [1.807, 2.05) is 97.9 Å². The predicted octanol–water partition coefficient (Wildman–Crippen LogP) is 4.25. The lowest BCUT2D eigenvalue weighted by molar-refractivity contribution is -0.146. The van der Waals surface area contributed by atoms with Crippen LogP contribution in [0.15, 0.2) is 91.0 Å². The van der Waals surface area contributed by atoms with Crippen LogP contribution in [0.5, 0.6) is 0 Å². The second kappa shape index (κ2) is 11.3. The molecule has 3 rings (SSSR count). The molecule has 0 saturated heterocycles. The Hall–Kier alpha value is -2.48. The molecule has 0 spiro atoms. The molecule has 0 bridgehead atoms. The molecule has 0 heterocycles. The first-order valence-electron chi connectivity index (χ1n) is 8.58. The molecule has 1 atom stereocenters. The molecule has 3 aromatic rings. The van der Waals surface area contributed by atoms with Gasteiger partial charge in [-0.05, 0) is 23.6 Å². The van der Waals surface area contributed by atoms with E-state index >= 15 is 0 Å². The molecule has 1 N–H and O–H groups in total. The van der Waals surface area contributed by atoms with Crippen molar-refractivity contribution in [1.29, 1.82) is 0 Å². The summed E-state index contributed by atoms with van der Waals surface area (Å²) in [7, 11) is 1.00. The maximum atomic E-state index is 13.2. The van der Waals surface area contributed by atoms with E-state index in [4.69, 9.17) is 9.84 Å². The molecule has 0 radical (unpaired) electrons. The van der Waals surface area contributed by atoms with Gasteiger partial charge in [-0.3, -0.25) is 4.79 Å². The Labute approximate surface area is 164 Å². The third-order valence-electron chi connectivity index (χ3n) is 4.20. The maximum absolute atomic E-state index is 13.2. The first kappa shape index (κ1) is 22.6. The molecule has 0 amide bonds. The van der Waals surface area contributed by atoms with Crippen molar-refractivity contribution in [2.24, 2.45) is 0 Å². The number of hydrogen-bond acceptors (Lipinski definition) is 3. The normalized spacial score (nSPS) is 10.0. The number of aliphatic hydroxyl groups excluding tert-OH is 1. The van der Waals surface area contributed by atoms with Gasteiger partial charge in [0.2, 0.25) is 0 Å². The van der Waals surface area contributed by atoms with Crippen LogP contribution in [0.25, 0.3) is 0 Å². The van der Waals surface area contributed by atoms with Crippen molar-refractivity contribution in [3.63, 3.8) is 0 Å². The minimum atomic E-state index is -0.972. The Kier molecular flexibility index (Phi) is 9.42. The number of hydrogen-bond donors (Lipinski definition) is 1. The number of ether oxygens (including phenoxy) is 1. The Morgan fingerprint density at radius 3 is 1.30 bits per heavy atom. The van der Waals surface area contributed by atoms with Gasteiger partial charge in [0.1, 0.15) is 5.41 Å². The van der Waals surface area contributed by atoms with E-state index in [1.165, 1.54) is 0 Å². The average Bonchev–Trinajstić information content (AvgIpc) is 2.73. The lowest BCUT2D eigenvalue weighted by Crippen LogP contribution is -2.40. The van der Waals surface area contributed by atoms with E-state index in [0.29, 0.717) is 6.61 Å². The third-order valence-corrected chi connectivity index (χ3v) is 4.20. The highest BCUT2D eigenvalue weighted by atomic mass is 31.0. The fraction of sp³-hybridized carbons (Fsp3) is 0.174. The first-order chi connectivity index (χ1) is 12.8.